The van der Waals surface area contributed by atoms with Crippen LogP contribution < -0.4 is 14.3 Å². The van der Waals surface area contributed by atoms with Crippen molar-refractivity contribution in [1.29, 1.82) is 0 Å². The number of ether oxygens (including phenoxy) is 2. The maximum Gasteiger partial charge on any atom is 0.276 e. The van der Waals surface area contributed by atoms with Crippen LogP contribution in [0.5, 0.6) is 11.8 Å². The molecule has 29 heavy (non-hydrogen) atoms. The minimum absolute atomic E-state index is 0.154. The summed E-state index contributed by atoms with van der Waals surface area (Å²) in [5, 5.41) is 4.20. The highest BCUT2D eigenvalue weighted by atomic mass is 32.2. The van der Waals surface area contributed by atoms with Crippen LogP contribution in [-0.2, 0) is 10.0 Å². The molecule has 1 unspecified atom stereocenters. The van der Waals surface area contributed by atoms with Crippen molar-refractivity contribution >= 4 is 28.0 Å². The molecule has 10 heteroatoms. The largest absolute Gasteiger partial charge is 0.481 e. The topological polar surface area (TPSA) is 103 Å². The summed E-state index contributed by atoms with van der Waals surface area (Å²) >= 11 is 1.34. The van der Waals surface area contributed by atoms with Gasteiger partial charge in [0.2, 0.25) is 11.8 Å². The zero-order valence-electron chi connectivity index (χ0n) is 17.3. The highest BCUT2D eigenvalue weighted by molar-refractivity contribution is 8.00. The lowest BCUT2D eigenvalue weighted by molar-refractivity contribution is 0.364. The van der Waals surface area contributed by atoms with Crippen LogP contribution >= 0.6 is 11.8 Å². The van der Waals surface area contributed by atoms with E-state index in [1.54, 1.807) is 36.5 Å². The molecule has 0 aliphatic heterocycles. The lowest BCUT2D eigenvalue weighted by Crippen LogP contribution is -2.27. The first-order valence-corrected chi connectivity index (χ1v) is 11.2. The number of methoxy groups -OCH3 is 2. The summed E-state index contributed by atoms with van der Waals surface area (Å²) in [6.45, 7) is 7.94. The maximum absolute atomic E-state index is 12.4. The second kappa shape index (κ2) is 9.45. The molecule has 1 aromatic heterocycles. The quantitative estimate of drug-likeness (QED) is 0.292. The van der Waals surface area contributed by atoms with Crippen molar-refractivity contribution in [3.8, 4) is 11.8 Å². The zero-order chi connectivity index (χ0) is 21.7. The van der Waals surface area contributed by atoms with E-state index in [-0.39, 0.29) is 15.6 Å². The van der Waals surface area contributed by atoms with Gasteiger partial charge >= 0.3 is 0 Å². The highest BCUT2D eigenvalue weighted by Crippen LogP contribution is 2.34. The first kappa shape index (κ1) is 23.0. The first-order chi connectivity index (χ1) is 13.5. The van der Waals surface area contributed by atoms with Crippen LogP contribution in [0.15, 0.2) is 45.5 Å². The third kappa shape index (κ3) is 6.60. The Morgan fingerprint density at radius 3 is 2.14 bits per heavy atom. The number of hydrazone groups is 1. The molecular weight excluding hydrogens is 412 g/mol. The Kier molecular flexibility index (Phi) is 7.48. The van der Waals surface area contributed by atoms with E-state index in [1.165, 1.54) is 26.0 Å². The predicted molar refractivity (Wildman–Crippen MR) is 114 cm³/mol. The van der Waals surface area contributed by atoms with Gasteiger partial charge in [-0.1, -0.05) is 50.2 Å². The fourth-order valence-electron chi connectivity index (χ4n) is 2.13. The predicted octanol–water partition coefficient (Wildman–Crippen LogP) is 3.27. The molecule has 1 atom stereocenters. The van der Waals surface area contributed by atoms with Gasteiger partial charge in [0.05, 0.1) is 30.4 Å². The molecule has 1 aromatic carbocycles. The molecule has 1 N–H and O–H groups in total. The molecular formula is C19H26N4O4S2. The first-order valence-electron chi connectivity index (χ1n) is 8.80. The van der Waals surface area contributed by atoms with Crippen molar-refractivity contribution in [3.05, 3.63) is 35.9 Å². The smallest absolute Gasteiger partial charge is 0.276 e. The van der Waals surface area contributed by atoms with Gasteiger partial charge in [0.25, 0.3) is 10.0 Å². The zero-order valence-corrected chi connectivity index (χ0v) is 19.0. The van der Waals surface area contributed by atoms with Crippen LogP contribution in [-0.4, -0.2) is 44.1 Å². The Morgan fingerprint density at radius 1 is 1.10 bits per heavy atom. The second-order valence-corrected chi connectivity index (χ2v) is 10.1. The van der Waals surface area contributed by atoms with Crippen molar-refractivity contribution in [1.82, 2.24) is 14.8 Å². The number of nitrogens with zero attached hydrogens (tertiary/aromatic N) is 3. The monoisotopic (exact) mass is 438 g/mol. The van der Waals surface area contributed by atoms with E-state index in [2.05, 4.69) is 19.9 Å². The standard InChI is InChI=1S/C19H26N4O4S2/c1-13-7-9-14(10-8-13)29(24,25)23-20-12-15(19(2,3)4)28-18-21-16(26-5)11-17(22-18)27-6/h7-12,15,23H,1-6H3/b20-12+. The number of rotatable bonds is 8. The maximum atomic E-state index is 12.4. The van der Waals surface area contributed by atoms with Crippen LogP contribution in [0.2, 0.25) is 0 Å². The van der Waals surface area contributed by atoms with Gasteiger partial charge in [-0.15, -0.1) is 0 Å². The molecule has 0 aliphatic carbocycles. The van der Waals surface area contributed by atoms with Crippen molar-refractivity contribution in [2.45, 2.75) is 43.0 Å². The molecule has 0 saturated heterocycles. The van der Waals surface area contributed by atoms with E-state index < -0.39 is 10.0 Å². The number of nitrogens with one attached hydrogen (secondary N) is 1. The summed E-state index contributed by atoms with van der Waals surface area (Å²) in [7, 11) is -0.715. The van der Waals surface area contributed by atoms with Crippen molar-refractivity contribution < 1.29 is 17.9 Å². The summed E-state index contributed by atoms with van der Waals surface area (Å²) in [5.41, 5.74) is 0.730. The van der Waals surface area contributed by atoms with E-state index in [0.29, 0.717) is 16.9 Å². The Bertz CT molecular complexity index is 933. The molecule has 1 heterocycles. The van der Waals surface area contributed by atoms with Gasteiger partial charge in [-0.3, -0.25) is 0 Å². The Balaban J connectivity index is 2.20. The van der Waals surface area contributed by atoms with Gasteiger partial charge in [-0.2, -0.15) is 23.5 Å². The number of aryl methyl sites for hydroxylation is 1. The number of sulfonamides is 1. The van der Waals surface area contributed by atoms with Crippen LogP contribution in [0.1, 0.15) is 26.3 Å². The number of thioether (sulfide) groups is 1. The number of hydrogen-bond donors (Lipinski definition) is 1. The second-order valence-electron chi connectivity index (χ2n) is 7.33. The minimum Gasteiger partial charge on any atom is -0.481 e. The number of hydrogen-bond acceptors (Lipinski definition) is 8. The van der Waals surface area contributed by atoms with Crippen molar-refractivity contribution in [3.63, 3.8) is 0 Å². The Hall–Kier alpha value is -2.33. The molecule has 0 bridgehead atoms. The Labute approximate surface area is 176 Å². The summed E-state index contributed by atoms with van der Waals surface area (Å²) in [5.74, 6) is 0.757. The minimum atomic E-state index is -3.74. The molecule has 0 saturated carbocycles. The fraction of sp³-hybridized carbons (Fsp3) is 0.421. The van der Waals surface area contributed by atoms with Gasteiger partial charge in [0.15, 0.2) is 5.16 Å². The third-order valence-corrected chi connectivity index (χ3v) is 6.59. The molecule has 0 radical (unpaired) electrons. The van der Waals surface area contributed by atoms with Crippen LogP contribution in [0, 0.1) is 12.3 Å². The van der Waals surface area contributed by atoms with Gasteiger partial charge < -0.3 is 9.47 Å². The molecule has 158 valence electrons. The molecule has 8 nitrogen and oxygen atoms in total. The van der Waals surface area contributed by atoms with E-state index in [1.807, 2.05) is 27.7 Å². The average molecular weight is 439 g/mol. The van der Waals surface area contributed by atoms with Gasteiger partial charge in [-0.25, -0.2) is 4.83 Å². The van der Waals surface area contributed by atoms with Crippen LogP contribution in [0.3, 0.4) is 0 Å². The molecule has 0 fully saturated rings. The van der Waals surface area contributed by atoms with Crippen molar-refractivity contribution in [2.75, 3.05) is 14.2 Å². The summed E-state index contributed by atoms with van der Waals surface area (Å²) < 4.78 is 35.2. The summed E-state index contributed by atoms with van der Waals surface area (Å²) in [4.78, 5) is 11.1. The summed E-state index contributed by atoms with van der Waals surface area (Å²) in [6, 6.07) is 8.14. The average Bonchev–Trinajstić information content (AvgIpc) is 2.66. The number of benzene rings is 1. The molecule has 2 rings (SSSR count). The third-order valence-electron chi connectivity index (χ3n) is 3.88. The highest BCUT2D eigenvalue weighted by Gasteiger charge is 2.26. The van der Waals surface area contributed by atoms with Gasteiger partial charge in [0.1, 0.15) is 0 Å². The van der Waals surface area contributed by atoms with Gasteiger partial charge in [-0.05, 0) is 24.5 Å². The summed E-state index contributed by atoms with van der Waals surface area (Å²) in [6.07, 6.45) is 1.55. The van der Waals surface area contributed by atoms with E-state index in [9.17, 15) is 8.42 Å². The number of aromatic nitrogens is 2. The van der Waals surface area contributed by atoms with E-state index in [0.717, 1.165) is 5.56 Å². The molecule has 2 aromatic rings. The SMILES string of the molecule is COc1cc(OC)nc(SC(/C=N/NS(=O)(=O)c2ccc(C)cc2)C(C)(C)C)n1. The molecule has 0 amide bonds. The van der Waals surface area contributed by atoms with E-state index in [4.69, 9.17) is 9.47 Å². The molecule has 0 spiro atoms. The normalized spacial score (nSPS) is 13.3. The van der Waals surface area contributed by atoms with E-state index >= 15 is 0 Å². The fourth-order valence-corrected chi connectivity index (χ4v) is 3.91. The van der Waals surface area contributed by atoms with Crippen molar-refractivity contribution in [2.24, 2.45) is 10.5 Å². The Morgan fingerprint density at radius 2 is 1.66 bits per heavy atom. The lowest BCUT2D eigenvalue weighted by atomic mass is 9.92. The van der Waals surface area contributed by atoms with Crippen LogP contribution in [0.25, 0.3) is 0 Å². The lowest BCUT2D eigenvalue weighted by Gasteiger charge is -2.26. The van der Waals surface area contributed by atoms with Gasteiger partial charge in [0, 0.05) is 6.21 Å². The van der Waals surface area contributed by atoms with Crippen LogP contribution in [0.4, 0.5) is 0 Å². The molecule has 0 aliphatic rings.